The number of rotatable bonds is 7. The van der Waals surface area contributed by atoms with Gasteiger partial charge in [0, 0.05) is 32.0 Å². The van der Waals surface area contributed by atoms with Gasteiger partial charge in [-0.2, -0.15) is 0 Å². The van der Waals surface area contributed by atoms with Crippen molar-refractivity contribution >= 4 is 11.7 Å². The lowest BCUT2D eigenvalue weighted by molar-refractivity contribution is 0.0953. The Kier molecular flexibility index (Phi) is 5.05. The maximum absolute atomic E-state index is 12.1. The van der Waals surface area contributed by atoms with Gasteiger partial charge in [0.1, 0.15) is 5.82 Å². The Hall–Kier alpha value is -2.44. The minimum atomic E-state index is -0.118. The van der Waals surface area contributed by atoms with Crippen LogP contribution in [0.2, 0.25) is 0 Å². The van der Waals surface area contributed by atoms with Crippen LogP contribution in [-0.4, -0.2) is 39.0 Å². The fourth-order valence-corrected chi connectivity index (χ4v) is 1.79. The van der Waals surface area contributed by atoms with E-state index in [0.717, 1.165) is 19.5 Å². The molecule has 2 N–H and O–H groups in total. The number of aromatic nitrogens is 4. The number of hydrogen-bond donors (Lipinski definition) is 2. The fourth-order valence-electron chi connectivity index (χ4n) is 1.79. The van der Waals surface area contributed by atoms with E-state index in [2.05, 4.69) is 25.9 Å². The zero-order chi connectivity index (χ0) is 14.2. The lowest BCUT2D eigenvalue weighted by Gasteiger charge is -2.09. The highest BCUT2D eigenvalue weighted by Gasteiger charge is 2.10. The standard InChI is InChI=1S/C13H18N6O/c1-2-14-12-11(5-3-6-15-12)13(20)16-7-4-9-19-10-8-17-18-19/h3,5-6,8,10H,2,4,7,9H2,1H3,(H,14,15)(H,16,20). The molecule has 0 saturated heterocycles. The van der Waals surface area contributed by atoms with E-state index < -0.39 is 0 Å². The number of carbonyl (C=O) groups excluding carboxylic acids is 1. The molecule has 0 aliphatic carbocycles. The smallest absolute Gasteiger partial charge is 0.255 e. The van der Waals surface area contributed by atoms with Crippen LogP contribution in [0.4, 0.5) is 5.82 Å². The molecule has 2 heterocycles. The van der Waals surface area contributed by atoms with Gasteiger partial charge in [0.2, 0.25) is 0 Å². The molecule has 0 unspecified atom stereocenters. The van der Waals surface area contributed by atoms with Gasteiger partial charge < -0.3 is 10.6 Å². The number of amides is 1. The molecule has 0 spiro atoms. The number of carbonyl (C=O) groups is 1. The van der Waals surface area contributed by atoms with Gasteiger partial charge in [0.25, 0.3) is 5.91 Å². The number of nitrogens with zero attached hydrogens (tertiary/aromatic N) is 4. The minimum absolute atomic E-state index is 0.118. The first-order chi connectivity index (χ1) is 9.81. The Morgan fingerprint density at radius 1 is 1.40 bits per heavy atom. The van der Waals surface area contributed by atoms with Crippen LogP contribution >= 0.6 is 0 Å². The van der Waals surface area contributed by atoms with Gasteiger partial charge in [-0.05, 0) is 25.5 Å². The topological polar surface area (TPSA) is 84.7 Å². The van der Waals surface area contributed by atoms with E-state index in [4.69, 9.17) is 0 Å². The van der Waals surface area contributed by atoms with E-state index in [1.54, 1.807) is 35.4 Å². The van der Waals surface area contributed by atoms with Gasteiger partial charge >= 0.3 is 0 Å². The summed E-state index contributed by atoms with van der Waals surface area (Å²) < 4.78 is 1.74. The second-order valence-electron chi connectivity index (χ2n) is 4.21. The molecule has 0 fully saturated rings. The molecule has 0 bridgehead atoms. The van der Waals surface area contributed by atoms with E-state index in [9.17, 15) is 4.79 Å². The first-order valence-electron chi connectivity index (χ1n) is 6.62. The summed E-state index contributed by atoms with van der Waals surface area (Å²) in [6.45, 7) is 4.00. The van der Waals surface area contributed by atoms with Crippen molar-refractivity contribution in [3.63, 3.8) is 0 Å². The highest BCUT2D eigenvalue weighted by Crippen LogP contribution is 2.10. The zero-order valence-electron chi connectivity index (χ0n) is 11.4. The van der Waals surface area contributed by atoms with Crippen molar-refractivity contribution in [1.29, 1.82) is 0 Å². The Labute approximate surface area is 117 Å². The molecule has 2 aromatic rings. The van der Waals surface area contributed by atoms with Gasteiger partial charge in [0.05, 0.1) is 11.8 Å². The molecular formula is C13H18N6O. The van der Waals surface area contributed by atoms with Crippen LogP contribution in [0.1, 0.15) is 23.7 Å². The van der Waals surface area contributed by atoms with E-state index in [0.29, 0.717) is 17.9 Å². The minimum Gasteiger partial charge on any atom is -0.370 e. The summed E-state index contributed by atoms with van der Waals surface area (Å²) in [4.78, 5) is 16.2. The van der Waals surface area contributed by atoms with Crippen LogP contribution in [0, 0.1) is 0 Å². The molecular weight excluding hydrogens is 256 g/mol. The Morgan fingerprint density at radius 3 is 3.05 bits per heavy atom. The van der Waals surface area contributed by atoms with Crippen LogP contribution in [0.25, 0.3) is 0 Å². The van der Waals surface area contributed by atoms with E-state index in [1.165, 1.54) is 0 Å². The monoisotopic (exact) mass is 274 g/mol. The number of aryl methyl sites for hydroxylation is 1. The van der Waals surface area contributed by atoms with E-state index in [-0.39, 0.29) is 5.91 Å². The number of pyridine rings is 1. The normalized spacial score (nSPS) is 10.2. The van der Waals surface area contributed by atoms with Crippen LogP contribution in [0.5, 0.6) is 0 Å². The molecule has 0 radical (unpaired) electrons. The maximum atomic E-state index is 12.1. The third-order valence-electron chi connectivity index (χ3n) is 2.72. The van der Waals surface area contributed by atoms with Gasteiger partial charge in [0.15, 0.2) is 0 Å². The van der Waals surface area contributed by atoms with E-state index in [1.807, 2.05) is 6.92 Å². The van der Waals surface area contributed by atoms with Gasteiger partial charge in [-0.3, -0.25) is 9.48 Å². The Balaban J connectivity index is 1.82. The predicted octanol–water partition coefficient (Wildman–Crippen LogP) is 0.925. The lowest BCUT2D eigenvalue weighted by Crippen LogP contribution is -2.26. The molecule has 2 rings (SSSR count). The highest BCUT2D eigenvalue weighted by atomic mass is 16.1. The summed E-state index contributed by atoms with van der Waals surface area (Å²) in [7, 11) is 0. The van der Waals surface area contributed by atoms with Crippen molar-refractivity contribution in [3.05, 3.63) is 36.3 Å². The first kappa shape index (κ1) is 14.0. The fraction of sp³-hybridized carbons (Fsp3) is 0.385. The zero-order valence-corrected chi connectivity index (χ0v) is 11.4. The van der Waals surface area contributed by atoms with Crippen molar-refractivity contribution in [2.75, 3.05) is 18.4 Å². The summed E-state index contributed by atoms with van der Waals surface area (Å²) >= 11 is 0. The third-order valence-corrected chi connectivity index (χ3v) is 2.72. The second-order valence-corrected chi connectivity index (χ2v) is 4.21. The second kappa shape index (κ2) is 7.22. The largest absolute Gasteiger partial charge is 0.370 e. The summed E-state index contributed by atoms with van der Waals surface area (Å²) in [5.74, 6) is 0.497. The number of nitrogens with one attached hydrogen (secondary N) is 2. The molecule has 7 heteroatoms. The molecule has 7 nitrogen and oxygen atoms in total. The van der Waals surface area contributed by atoms with Crippen molar-refractivity contribution in [3.8, 4) is 0 Å². The molecule has 0 aromatic carbocycles. The summed E-state index contributed by atoms with van der Waals surface area (Å²) in [5, 5.41) is 13.5. The number of hydrogen-bond acceptors (Lipinski definition) is 5. The molecule has 106 valence electrons. The van der Waals surface area contributed by atoms with Crippen molar-refractivity contribution in [2.45, 2.75) is 19.9 Å². The Bertz CT molecular complexity index is 540. The lowest BCUT2D eigenvalue weighted by atomic mass is 10.2. The highest BCUT2D eigenvalue weighted by molar-refractivity contribution is 5.98. The molecule has 0 saturated carbocycles. The van der Waals surface area contributed by atoms with E-state index >= 15 is 0 Å². The average Bonchev–Trinajstić information content (AvgIpc) is 2.97. The summed E-state index contributed by atoms with van der Waals surface area (Å²) in [6, 6.07) is 3.52. The van der Waals surface area contributed by atoms with Crippen LogP contribution < -0.4 is 10.6 Å². The quantitative estimate of drug-likeness (QED) is 0.734. The van der Waals surface area contributed by atoms with Gasteiger partial charge in [-0.25, -0.2) is 4.98 Å². The maximum Gasteiger partial charge on any atom is 0.255 e. The SMILES string of the molecule is CCNc1ncccc1C(=O)NCCCn1ccnn1. The Morgan fingerprint density at radius 2 is 2.30 bits per heavy atom. The molecule has 1 amide bonds. The summed E-state index contributed by atoms with van der Waals surface area (Å²) in [6.07, 6.45) is 5.90. The van der Waals surface area contributed by atoms with Crippen LogP contribution in [0.3, 0.4) is 0 Å². The average molecular weight is 274 g/mol. The van der Waals surface area contributed by atoms with Crippen molar-refractivity contribution < 1.29 is 4.79 Å². The predicted molar refractivity (Wildman–Crippen MR) is 75.4 cm³/mol. The molecule has 0 atom stereocenters. The van der Waals surface area contributed by atoms with Crippen molar-refractivity contribution in [1.82, 2.24) is 25.3 Å². The third kappa shape index (κ3) is 3.78. The van der Waals surface area contributed by atoms with Crippen molar-refractivity contribution in [2.24, 2.45) is 0 Å². The van der Waals surface area contributed by atoms with Gasteiger partial charge in [-0.15, -0.1) is 5.10 Å². The number of anilines is 1. The van der Waals surface area contributed by atoms with Crippen LogP contribution in [-0.2, 0) is 6.54 Å². The summed E-state index contributed by atoms with van der Waals surface area (Å²) in [5.41, 5.74) is 0.565. The molecule has 0 aliphatic rings. The first-order valence-corrected chi connectivity index (χ1v) is 6.62. The van der Waals surface area contributed by atoms with Gasteiger partial charge in [-0.1, -0.05) is 5.21 Å². The van der Waals surface area contributed by atoms with Crippen LogP contribution in [0.15, 0.2) is 30.7 Å². The molecule has 20 heavy (non-hydrogen) atoms. The molecule has 2 aromatic heterocycles. The molecule has 0 aliphatic heterocycles.